The molecule has 96 valence electrons. The van der Waals surface area contributed by atoms with Crippen LogP contribution in [0, 0.1) is 15.9 Å². The van der Waals surface area contributed by atoms with Gasteiger partial charge in [0.05, 0.1) is 4.92 Å². The number of Topliss-reactive ketones (excluding diaryl/α,β-unsaturated/α-hetero) is 1. The van der Waals surface area contributed by atoms with E-state index in [-0.39, 0.29) is 18.0 Å². The van der Waals surface area contributed by atoms with Gasteiger partial charge in [0.2, 0.25) is 5.75 Å². The van der Waals surface area contributed by atoms with Gasteiger partial charge >= 0.3 is 5.69 Å². The Morgan fingerprint density at radius 3 is 2.89 bits per heavy atom. The number of halogens is 1. The van der Waals surface area contributed by atoms with Crippen molar-refractivity contribution in [2.45, 2.75) is 31.8 Å². The van der Waals surface area contributed by atoms with Crippen LogP contribution in [-0.4, -0.2) is 16.8 Å². The van der Waals surface area contributed by atoms with Gasteiger partial charge in [0.1, 0.15) is 11.9 Å². The molecule has 0 N–H and O–H groups in total. The second kappa shape index (κ2) is 5.12. The summed E-state index contributed by atoms with van der Waals surface area (Å²) in [7, 11) is 0. The van der Waals surface area contributed by atoms with Crippen LogP contribution in [-0.2, 0) is 4.79 Å². The fourth-order valence-electron chi connectivity index (χ4n) is 2.01. The van der Waals surface area contributed by atoms with Gasteiger partial charge < -0.3 is 4.74 Å². The highest BCUT2D eigenvalue weighted by molar-refractivity contribution is 5.79. The van der Waals surface area contributed by atoms with E-state index >= 15 is 0 Å². The largest absolute Gasteiger partial charge is 0.481 e. The molecule has 2 rings (SSSR count). The maximum absolute atomic E-state index is 13.5. The highest BCUT2D eigenvalue weighted by Crippen LogP contribution is 2.32. The lowest BCUT2D eigenvalue weighted by Gasteiger charge is -2.22. The molecule has 1 aromatic carbocycles. The summed E-state index contributed by atoms with van der Waals surface area (Å²) >= 11 is 0. The van der Waals surface area contributed by atoms with Gasteiger partial charge in [-0.25, -0.2) is 4.39 Å². The normalized spacial score (nSPS) is 19.6. The number of nitrogens with zero attached hydrogens (tertiary/aromatic N) is 1. The number of hydrogen-bond acceptors (Lipinski definition) is 4. The smallest absolute Gasteiger partial charge is 0.314 e. The Morgan fingerprint density at radius 2 is 2.22 bits per heavy atom. The molecule has 0 heterocycles. The molecule has 0 aliphatic heterocycles. The summed E-state index contributed by atoms with van der Waals surface area (Å²) in [5.74, 6) is -1.10. The molecular weight excluding hydrogens is 241 g/mol. The lowest BCUT2D eigenvalue weighted by molar-refractivity contribution is -0.386. The summed E-state index contributed by atoms with van der Waals surface area (Å²) in [6, 6.07) is 3.54. The molecule has 1 fully saturated rings. The maximum Gasteiger partial charge on any atom is 0.314 e. The van der Waals surface area contributed by atoms with Gasteiger partial charge in [-0.2, -0.15) is 0 Å². The van der Waals surface area contributed by atoms with E-state index in [0.717, 1.165) is 6.07 Å². The number of ether oxygens (including phenoxy) is 1. The molecule has 5 nitrogen and oxygen atoms in total. The molecule has 1 unspecified atom stereocenters. The molecule has 0 saturated heterocycles. The van der Waals surface area contributed by atoms with E-state index in [0.29, 0.717) is 19.3 Å². The van der Waals surface area contributed by atoms with Gasteiger partial charge in [0.25, 0.3) is 0 Å². The van der Waals surface area contributed by atoms with Crippen molar-refractivity contribution in [2.24, 2.45) is 0 Å². The van der Waals surface area contributed by atoms with Crippen LogP contribution >= 0.6 is 0 Å². The molecule has 1 aliphatic carbocycles. The summed E-state index contributed by atoms with van der Waals surface area (Å²) < 4.78 is 18.9. The average Bonchev–Trinajstić information content (AvgIpc) is 2.31. The second-order valence-corrected chi connectivity index (χ2v) is 4.22. The minimum Gasteiger partial charge on any atom is -0.481 e. The molecule has 1 aliphatic rings. The number of para-hydroxylation sites is 1. The van der Waals surface area contributed by atoms with Crippen molar-refractivity contribution in [1.82, 2.24) is 0 Å². The number of rotatable bonds is 3. The molecule has 0 amide bonds. The third kappa shape index (κ3) is 2.64. The molecule has 1 saturated carbocycles. The van der Waals surface area contributed by atoms with Crippen LogP contribution < -0.4 is 4.74 Å². The number of carbonyl (C=O) groups is 1. The van der Waals surface area contributed by atoms with Crippen LogP contribution in [0.5, 0.6) is 5.75 Å². The number of carbonyl (C=O) groups excluding carboxylic acids is 1. The van der Waals surface area contributed by atoms with Crippen molar-refractivity contribution >= 4 is 11.5 Å². The molecule has 0 bridgehead atoms. The maximum atomic E-state index is 13.5. The van der Waals surface area contributed by atoms with Crippen LogP contribution in [0.15, 0.2) is 18.2 Å². The predicted molar refractivity (Wildman–Crippen MR) is 60.9 cm³/mol. The summed E-state index contributed by atoms with van der Waals surface area (Å²) in [4.78, 5) is 21.3. The van der Waals surface area contributed by atoms with E-state index in [2.05, 4.69) is 0 Å². The third-order valence-electron chi connectivity index (χ3n) is 2.86. The van der Waals surface area contributed by atoms with Crippen LogP contribution in [0.3, 0.4) is 0 Å². The Bertz CT molecular complexity index is 489. The van der Waals surface area contributed by atoms with Gasteiger partial charge in [0.15, 0.2) is 5.82 Å². The Labute approximate surface area is 103 Å². The lowest BCUT2D eigenvalue weighted by Crippen LogP contribution is -2.25. The summed E-state index contributed by atoms with van der Waals surface area (Å²) in [6.07, 6.45) is 1.50. The topological polar surface area (TPSA) is 69.4 Å². The highest BCUT2D eigenvalue weighted by Gasteiger charge is 2.26. The first kappa shape index (κ1) is 12.5. The molecule has 6 heteroatoms. The van der Waals surface area contributed by atoms with Crippen LogP contribution in [0.4, 0.5) is 10.1 Å². The third-order valence-corrected chi connectivity index (χ3v) is 2.86. The van der Waals surface area contributed by atoms with Crippen LogP contribution in [0.2, 0.25) is 0 Å². The van der Waals surface area contributed by atoms with Crippen LogP contribution in [0.1, 0.15) is 25.7 Å². The molecule has 0 aromatic heterocycles. The monoisotopic (exact) mass is 253 g/mol. The van der Waals surface area contributed by atoms with Gasteiger partial charge in [0, 0.05) is 18.9 Å². The SMILES string of the molecule is O=C1CCCC(Oc2c(F)cccc2[N+](=O)[O-])C1. The van der Waals surface area contributed by atoms with Gasteiger partial charge in [-0.1, -0.05) is 6.07 Å². The Balaban J connectivity index is 2.22. The van der Waals surface area contributed by atoms with Crippen molar-refractivity contribution in [1.29, 1.82) is 0 Å². The minimum absolute atomic E-state index is 0.0465. The fourth-order valence-corrected chi connectivity index (χ4v) is 2.01. The van der Waals surface area contributed by atoms with E-state index in [1.807, 2.05) is 0 Å². The van der Waals surface area contributed by atoms with Crippen molar-refractivity contribution in [3.63, 3.8) is 0 Å². The standard InChI is InChI=1S/C12H12FNO4/c13-10-5-2-6-11(14(16)17)12(10)18-9-4-1-3-8(15)7-9/h2,5-6,9H,1,3-4,7H2. The minimum atomic E-state index is -0.776. The molecule has 18 heavy (non-hydrogen) atoms. The zero-order valence-corrected chi connectivity index (χ0v) is 9.60. The quantitative estimate of drug-likeness (QED) is 0.613. The fraction of sp³-hybridized carbons (Fsp3) is 0.417. The van der Waals surface area contributed by atoms with Gasteiger partial charge in [-0.15, -0.1) is 0 Å². The van der Waals surface area contributed by atoms with Crippen molar-refractivity contribution in [2.75, 3.05) is 0 Å². The summed E-state index contributed by atoms with van der Waals surface area (Å²) in [5, 5.41) is 10.8. The highest BCUT2D eigenvalue weighted by atomic mass is 19.1. The molecule has 0 spiro atoms. The first-order chi connectivity index (χ1) is 8.58. The number of ketones is 1. The first-order valence-electron chi connectivity index (χ1n) is 5.69. The summed E-state index contributed by atoms with van der Waals surface area (Å²) in [5.41, 5.74) is -0.409. The van der Waals surface area contributed by atoms with E-state index in [9.17, 15) is 19.3 Å². The number of nitro benzene ring substituents is 1. The van der Waals surface area contributed by atoms with Gasteiger partial charge in [-0.05, 0) is 18.9 Å². The number of nitro groups is 1. The van der Waals surface area contributed by atoms with E-state index in [4.69, 9.17) is 4.74 Å². The van der Waals surface area contributed by atoms with Crippen LogP contribution in [0.25, 0.3) is 0 Å². The average molecular weight is 253 g/mol. The Hall–Kier alpha value is -1.98. The Kier molecular flexibility index (Phi) is 3.55. The molecular formula is C12H12FNO4. The van der Waals surface area contributed by atoms with Gasteiger partial charge in [-0.3, -0.25) is 14.9 Å². The van der Waals surface area contributed by atoms with E-state index in [1.54, 1.807) is 0 Å². The van der Waals surface area contributed by atoms with Crippen molar-refractivity contribution < 1.29 is 18.8 Å². The lowest BCUT2D eigenvalue weighted by atomic mass is 9.96. The first-order valence-corrected chi connectivity index (χ1v) is 5.69. The molecule has 1 aromatic rings. The number of benzene rings is 1. The zero-order chi connectivity index (χ0) is 13.1. The van der Waals surface area contributed by atoms with Crippen molar-refractivity contribution in [3.8, 4) is 5.75 Å². The molecule has 1 atom stereocenters. The van der Waals surface area contributed by atoms with E-state index < -0.39 is 22.5 Å². The summed E-state index contributed by atoms with van der Waals surface area (Å²) in [6.45, 7) is 0. The zero-order valence-electron chi connectivity index (χ0n) is 9.60. The predicted octanol–water partition coefficient (Wildman–Crippen LogP) is 2.62. The molecule has 0 radical (unpaired) electrons. The number of hydrogen-bond donors (Lipinski definition) is 0. The van der Waals surface area contributed by atoms with Crippen molar-refractivity contribution in [3.05, 3.63) is 34.1 Å². The van der Waals surface area contributed by atoms with E-state index in [1.165, 1.54) is 12.1 Å². The second-order valence-electron chi connectivity index (χ2n) is 4.22. The Morgan fingerprint density at radius 1 is 1.44 bits per heavy atom.